The Bertz CT molecular complexity index is 1820. The van der Waals surface area contributed by atoms with Gasteiger partial charge in [-0.1, -0.05) is 60.7 Å². The minimum absolute atomic E-state index is 0.207. The maximum absolute atomic E-state index is 10.9. The Morgan fingerprint density at radius 3 is 1.88 bits per heavy atom. The Labute approximate surface area is 189 Å². The van der Waals surface area contributed by atoms with E-state index in [0.29, 0.717) is 5.58 Å². The van der Waals surface area contributed by atoms with Gasteiger partial charge in [0.25, 0.3) is 0 Å². The van der Waals surface area contributed by atoms with Gasteiger partial charge < -0.3 is 13.9 Å². The first-order chi connectivity index (χ1) is 16.2. The van der Waals surface area contributed by atoms with Gasteiger partial charge in [-0.15, -0.1) is 0 Å². The molecular weight excluding hydrogens is 408 g/mol. The van der Waals surface area contributed by atoms with Gasteiger partial charge in [0.2, 0.25) is 0 Å². The van der Waals surface area contributed by atoms with E-state index in [2.05, 4.69) is 36.4 Å². The molecule has 7 rings (SSSR count). The second kappa shape index (κ2) is 6.75. The molecule has 2 aromatic heterocycles. The number of benzene rings is 5. The van der Waals surface area contributed by atoms with Crippen molar-refractivity contribution in [3.8, 4) is 28.0 Å². The molecule has 0 amide bonds. The fourth-order valence-corrected chi connectivity index (χ4v) is 4.77. The summed E-state index contributed by atoms with van der Waals surface area (Å²) >= 11 is 0. The third-order valence-corrected chi connectivity index (χ3v) is 6.37. The first kappa shape index (κ1) is 18.1. The van der Waals surface area contributed by atoms with Crippen LogP contribution in [0.15, 0.2) is 112 Å². The van der Waals surface area contributed by atoms with E-state index < -0.39 is 0 Å². The van der Waals surface area contributed by atoms with Crippen LogP contribution in [0.5, 0.6) is 5.75 Å². The summed E-state index contributed by atoms with van der Waals surface area (Å²) in [5.74, 6) is 0.207. The van der Waals surface area contributed by atoms with Crippen LogP contribution in [0.25, 0.3) is 66.1 Å². The molecule has 0 aliphatic heterocycles. The largest absolute Gasteiger partial charge is 0.507 e. The Hall–Kier alpha value is -4.50. The third kappa shape index (κ3) is 2.76. The summed E-state index contributed by atoms with van der Waals surface area (Å²) < 4.78 is 12.3. The van der Waals surface area contributed by atoms with Crippen LogP contribution in [0.3, 0.4) is 0 Å². The number of aromatic hydroxyl groups is 1. The summed E-state index contributed by atoms with van der Waals surface area (Å²) in [4.78, 5) is 0. The number of para-hydroxylation sites is 1. The fourth-order valence-electron chi connectivity index (χ4n) is 4.77. The molecule has 3 heteroatoms. The number of fused-ring (bicyclic) bond motifs is 6. The molecule has 156 valence electrons. The van der Waals surface area contributed by atoms with Gasteiger partial charge in [-0.25, -0.2) is 0 Å². The summed E-state index contributed by atoms with van der Waals surface area (Å²) in [6.07, 6.45) is 0. The molecule has 5 aromatic carbocycles. The zero-order chi connectivity index (χ0) is 21.9. The zero-order valence-electron chi connectivity index (χ0n) is 17.6. The van der Waals surface area contributed by atoms with Crippen molar-refractivity contribution in [3.63, 3.8) is 0 Å². The van der Waals surface area contributed by atoms with E-state index in [9.17, 15) is 5.11 Å². The average molecular weight is 426 g/mol. The predicted octanol–water partition coefficient (Wildman–Crippen LogP) is 8.53. The second-order valence-corrected chi connectivity index (χ2v) is 8.36. The average Bonchev–Trinajstić information content (AvgIpc) is 3.41. The van der Waals surface area contributed by atoms with Crippen molar-refractivity contribution in [2.75, 3.05) is 0 Å². The quantitative estimate of drug-likeness (QED) is 0.301. The highest BCUT2D eigenvalue weighted by atomic mass is 16.3. The molecule has 33 heavy (non-hydrogen) atoms. The van der Waals surface area contributed by atoms with E-state index in [1.54, 1.807) is 6.07 Å². The Morgan fingerprint density at radius 2 is 1.03 bits per heavy atom. The minimum atomic E-state index is 0.207. The van der Waals surface area contributed by atoms with Crippen LogP contribution in [-0.4, -0.2) is 5.11 Å². The lowest BCUT2D eigenvalue weighted by atomic mass is 10.00. The van der Waals surface area contributed by atoms with Crippen LogP contribution in [0.2, 0.25) is 0 Å². The van der Waals surface area contributed by atoms with Gasteiger partial charge in [0, 0.05) is 16.2 Å². The maximum Gasteiger partial charge on any atom is 0.139 e. The van der Waals surface area contributed by atoms with Crippen molar-refractivity contribution >= 4 is 43.9 Å². The van der Waals surface area contributed by atoms with E-state index in [4.69, 9.17) is 8.83 Å². The summed E-state index contributed by atoms with van der Waals surface area (Å²) in [6, 6.07) is 34.3. The lowest BCUT2D eigenvalue weighted by Crippen LogP contribution is -1.79. The second-order valence-electron chi connectivity index (χ2n) is 8.36. The molecule has 0 saturated carbocycles. The van der Waals surface area contributed by atoms with E-state index in [-0.39, 0.29) is 5.75 Å². The number of rotatable bonds is 2. The molecular formula is C30H18O3. The highest BCUT2D eigenvalue weighted by Crippen LogP contribution is 2.40. The SMILES string of the molecule is Oc1cc(-c2ccc3c(c2)oc2ccccc23)cc2oc3cc(-c4ccccc4)ccc3c12. The van der Waals surface area contributed by atoms with Gasteiger partial charge in [-0.3, -0.25) is 0 Å². The van der Waals surface area contributed by atoms with Crippen molar-refractivity contribution in [2.45, 2.75) is 0 Å². The van der Waals surface area contributed by atoms with Crippen LogP contribution >= 0.6 is 0 Å². The molecule has 0 atom stereocenters. The summed E-state index contributed by atoms with van der Waals surface area (Å²) in [5, 5.41) is 14.8. The van der Waals surface area contributed by atoms with E-state index in [0.717, 1.165) is 60.5 Å². The van der Waals surface area contributed by atoms with Gasteiger partial charge in [0.15, 0.2) is 0 Å². The molecule has 0 spiro atoms. The van der Waals surface area contributed by atoms with Crippen LogP contribution in [0, 0.1) is 0 Å². The van der Waals surface area contributed by atoms with Crippen molar-refractivity contribution < 1.29 is 13.9 Å². The van der Waals surface area contributed by atoms with Gasteiger partial charge in [0.1, 0.15) is 28.1 Å². The molecule has 1 N–H and O–H groups in total. The highest BCUT2D eigenvalue weighted by molar-refractivity contribution is 6.11. The number of hydrogen-bond acceptors (Lipinski definition) is 3. The molecule has 0 fully saturated rings. The lowest BCUT2D eigenvalue weighted by molar-refractivity contribution is 0.482. The third-order valence-electron chi connectivity index (χ3n) is 6.37. The normalized spacial score (nSPS) is 11.8. The Morgan fingerprint density at radius 1 is 0.424 bits per heavy atom. The van der Waals surface area contributed by atoms with E-state index in [1.165, 1.54) is 0 Å². The molecule has 3 nitrogen and oxygen atoms in total. The Balaban J connectivity index is 1.39. The molecule has 0 radical (unpaired) electrons. The monoisotopic (exact) mass is 426 g/mol. The summed E-state index contributed by atoms with van der Waals surface area (Å²) in [7, 11) is 0. The van der Waals surface area contributed by atoms with Crippen LogP contribution < -0.4 is 0 Å². The first-order valence-electron chi connectivity index (χ1n) is 10.9. The molecule has 0 saturated heterocycles. The Kier molecular flexibility index (Phi) is 3.70. The maximum atomic E-state index is 10.9. The molecule has 0 aliphatic rings. The standard InChI is InChI=1S/C30H18O3/c31-25-14-21(20-10-12-23-22-8-4-5-9-26(22)32-27(23)16-20)17-29-30(25)24-13-11-19(15-28(24)33-29)18-6-2-1-3-7-18/h1-17,31H. The molecule has 7 aromatic rings. The van der Waals surface area contributed by atoms with Crippen molar-refractivity contribution in [3.05, 3.63) is 103 Å². The molecule has 0 aliphatic carbocycles. The van der Waals surface area contributed by atoms with E-state index in [1.807, 2.05) is 60.7 Å². The zero-order valence-corrected chi connectivity index (χ0v) is 17.6. The fraction of sp³-hybridized carbons (Fsp3) is 0. The van der Waals surface area contributed by atoms with Crippen molar-refractivity contribution in [1.82, 2.24) is 0 Å². The molecule has 2 heterocycles. The lowest BCUT2D eigenvalue weighted by Gasteiger charge is -2.04. The van der Waals surface area contributed by atoms with Gasteiger partial charge in [-0.05, 0) is 64.7 Å². The number of furan rings is 2. The summed E-state index contributed by atoms with van der Waals surface area (Å²) in [5.41, 5.74) is 7.16. The topological polar surface area (TPSA) is 46.5 Å². The molecule has 0 bridgehead atoms. The minimum Gasteiger partial charge on any atom is -0.507 e. The summed E-state index contributed by atoms with van der Waals surface area (Å²) in [6.45, 7) is 0. The number of phenols is 1. The van der Waals surface area contributed by atoms with Gasteiger partial charge in [-0.2, -0.15) is 0 Å². The van der Waals surface area contributed by atoms with Gasteiger partial charge in [0.05, 0.1) is 5.39 Å². The number of phenolic OH excluding ortho intramolecular Hbond substituents is 1. The first-order valence-corrected chi connectivity index (χ1v) is 10.9. The van der Waals surface area contributed by atoms with E-state index >= 15 is 0 Å². The number of hydrogen-bond donors (Lipinski definition) is 1. The van der Waals surface area contributed by atoms with Gasteiger partial charge >= 0.3 is 0 Å². The molecule has 0 unspecified atom stereocenters. The highest BCUT2D eigenvalue weighted by Gasteiger charge is 2.15. The van der Waals surface area contributed by atoms with Crippen molar-refractivity contribution in [1.29, 1.82) is 0 Å². The smallest absolute Gasteiger partial charge is 0.139 e. The van der Waals surface area contributed by atoms with Crippen LogP contribution in [-0.2, 0) is 0 Å². The van der Waals surface area contributed by atoms with Crippen molar-refractivity contribution in [2.24, 2.45) is 0 Å². The predicted molar refractivity (Wildman–Crippen MR) is 134 cm³/mol. The van der Waals surface area contributed by atoms with Crippen LogP contribution in [0.1, 0.15) is 0 Å². The van der Waals surface area contributed by atoms with Crippen LogP contribution in [0.4, 0.5) is 0 Å².